The zero-order valence-electron chi connectivity index (χ0n) is 14.7. The molecule has 1 atom stereocenters. The Balaban J connectivity index is 1.36. The maximum absolute atomic E-state index is 12.3. The molecule has 1 unspecified atom stereocenters. The van der Waals surface area contributed by atoms with Gasteiger partial charge >= 0.3 is 0 Å². The molecule has 1 saturated heterocycles. The molecule has 0 aliphatic carbocycles. The number of thiazole rings is 1. The number of benzene rings is 1. The van der Waals surface area contributed by atoms with E-state index in [-0.39, 0.29) is 11.9 Å². The first-order chi connectivity index (χ1) is 12.7. The Morgan fingerprint density at radius 2 is 2.00 bits per heavy atom. The number of hydrogen-bond acceptors (Lipinski definition) is 5. The molecule has 1 fully saturated rings. The second kappa shape index (κ2) is 7.43. The van der Waals surface area contributed by atoms with Gasteiger partial charge in [0.05, 0.1) is 22.5 Å². The van der Waals surface area contributed by atoms with Crippen LogP contribution in [0.1, 0.15) is 23.7 Å². The molecule has 5 nitrogen and oxygen atoms in total. The largest absolute Gasteiger partial charge is 0.465 e. The average molecular weight is 367 g/mol. The Labute approximate surface area is 156 Å². The van der Waals surface area contributed by atoms with Gasteiger partial charge in [0, 0.05) is 32.3 Å². The molecular formula is C20H21N3O2S. The molecule has 26 heavy (non-hydrogen) atoms. The van der Waals surface area contributed by atoms with Crippen LogP contribution in [0.2, 0.25) is 0 Å². The summed E-state index contributed by atoms with van der Waals surface area (Å²) in [6.07, 6.45) is 4.91. The van der Waals surface area contributed by atoms with Crippen molar-refractivity contribution in [3.05, 3.63) is 59.5 Å². The van der Waals surface area contributed by atoms with Gasteiger partial charge in [-0.2, -0.15) is 0 Å². The predicted molar refractivity (Wildman–Crippen MR) is 104 cm³/mol. The van der Waals surface area contributed by atoms with Gasteiger partial charge in [0.2, 0.25) is 5.91 Å². The monoisotopic (exact) mass is 367 g/mol. The van der Waals surface area contributed by atoms with E-state index in [0.29, 0.717) is 5.76 Å². The van der Waals surface area contributed by atoms with Crippen LogP contribution in [0.15, 0.2) is 53.2 Å². The summed E-state index contributed by atoms with van der Waals surface area (Å²) < 4.78 is 6.45. The van der Waals surface area contributed by atoms with Gasteiger partial charge in [-0.1, -0.05) is 12.1 Å². The Kier molecular flexibility index (Phi) is 4.86. The number of para-hydroxylation sites is 1. The van der Waals surface area contributed by atoms with Gasteiger partial charge in [0.1, 0.15) is 10.8 Å². The third-order valence-electron chi connectivity index (χ3n) is 4.77. The van der Waals surface area contributed by atoms with Crippen molar-refractivity contribution >= 4 is 33.5 Å². The number of carbonyl (C=O) groups excluding carboxylic acids is 1. The van der Waals surface area contributed by atoms with Crippen LogP contribution in [0, 0.1) is 0 Å². The van der Waals surface area contributed by atoms with Gasteiger partial charge in [-0.15, -0.1) is 11.3 Å². The van der Waals surface area contributed by atoms with Crippen molar-refractivity contribution in [3.8, 4) is 0 Å². The van der Waals surface area contributed by atoms with Gasteiger partial charge < -0.3 is 9.32 Å². The number of piperazine rings is 1. The molecule has 1 aliphatic rings. The highest BCUT2D eigenvalue weighted by Crippen LogP contribution is 2.29. The first-order valence-electron chi connectivity index (χ1n) is 8.81. The van der Waals surface area contributed by atoms with E-state index < -0.39 is 0 Å². The molecule has 0 bridgehead atoms. The van der Waals surface area contributed by atoms with Crippen molar-refractivity contribution < 1.29 is 9.21 Å². The van der Waals surface area contributed by atoms with Gasteiger partial charge in [0.15, 0.2) is 0 Å². The zero-order valence-corrected chi connectivity index (χ0v) is 15.5. The summed E-state index contributed by atoms with van der Waals surface area (Å²) in [6, 6.07) is 12.2. The van der Waals surface area contributed by atoms with E-state index in [1.54, 1.807) is 29.8 Å². The minimum Gasteiger partial charge on any atom is -0.465 e. The van der Waals surface area contributed by atoms with Gasteiger partial charge in [-0.3, -0.25) is 9.69 Å². The molecule has 0 radical (unpaired) electrons. The first kappa shape index (κ1) is 17.0. The molecule has 1 amide bonds. The van der Waals surface area contributed by atoms with Crippen LogP contribution in [-0.4, -0.2) is 46.9 Å². The van der Waals surface area contributed by atoms with Crippen LogP contribution in [0.25, 0.3) is 16.3 Å². The van der Waals surface area contributed by atoms with Crippen molar-refractivity contribution in [2.75, 3.05) is 26.2 Å². The smallest absolute Gasteiger partial charge is 0.246 e. The lowest BCUT2D eigenvalue weighted by molar-refractivity contribution is -0.127. The van der Waals surface area contributed by atoms with Crippen LogP contribution in [0.5, 0.6) is 0 Å². The summed E-state index contributed by atoms with van der Waals surface area (Å²) in [5.74, 6) is 0.732. The molecule has 3 heterocycles. The molecule has 6 heteroatoms. The van der Waals surface area contributed by atoms with E-state index in [9.17, 15) is 4.79 Å². The number of hydrogen-bond donors (Lipinski definition) is 0. The van der Waals surface area contributed by atoms with Crippen molar-refractivity contribution in [1.82, 2.24) is 14.8 Å². The molecule has 0 saturated carbocycles. The molecule has 1 aliphatic heterocycles. The van der Waals surface area contributed by atoms with E-state index in [2.05, 4.69) is 30.0 Å². The molecule has 3 aromatic rings. The number of aromatic nitrogens is 1. The number of nitrogens with zero attached hydrogens (tertiary/aromatic N) is 3. The Hall–Kier alpha value is -2.44. The van der Waals surface area contributed by atoms with Gasteiger partial charge in [-0.05, 0) is 37.3 Å². The number of rotatable bonds is 4. The van der Waals surface area contributed by atoms with E-state index in [4.69, 9.17) is 9.40 Å². The number of carbonyl (C=O) groups is 1. The Morgan fingerprint density at radius 1 is 1.19 bits per heavy atom. The fourth-order valence-corrected chi connectivity index (χ4v) is 4.25. The quantitative estimate of drug-likeness (QED) is 0.658. The number of fused-ring (bicyclic) bond motifs is 1. The zero-order chi connectivity index (χ0) is 17.9. The third kappa shape index (κ3) is 3.57. The lowest BCUT2D eigenvalue weighted by Crippen LogP contribution is -2.48. The van der Waals surface area contributed by atoms with E-state index in [1.165, 1.54) is 4.70 Å². The highest BCUT2D eigenvalue weighted by molar-refractivity contribution is 7.18. The molecule has 0 N–H and O–H groups in total. The second-order valence-electron chi connectivity index (χ2n) is 6.41. The summed E-state index contributed by atoms with van der Waals surface area (Å²) >= 11 is 1.76. The van der Waals surface area contributed by atoms with Gasteiger partial charge in [-0.25, -0.2) is 4.98 Å². The topological polar surface area (TPSA) is 49.6 Å². The highest BCUT2D eigenvalue weighted by atomic mass is 32.1. The van der Waals surface area contributed by atoms with E-state index in [0.717, 1.165) is 36.7 Å². The second-order valence-corrected chi connectivity index (χ2v) is 7.47. The predicted octanol–water partition coefficient (Wildman–Crippen LogP) is 3.81. The summed E-state index contributed by atoms with van der Waals surface area (Å²) in [7, 11) is 0. The fourth-order valence-electron chi connectivity index (χ4n) is 3.20. The van der Waals surface area contributed by atoms with Crippen LogP contribution < -0.4 is 0 Å². The number of furan rings is 1. The first-order valence-corrected chi connectivity index (χ1v) is 9.62. The molecule has 134 valence electrons. The van der Waals surface area contributed by atoms with E-state index >= 15 is 0 Å². The number of amides is 1. The normalized spacial score (nSPS) is 17.2. The van der Waals surface area contributed by atoms with E-state index in [1.807, 2.05) is 23.1 Å². The van der Waals surface area contributed by atoms with Gasteiger partial charge in [0.25, 0.3) is 0 Å². The van der Waals surface area contributed by atoms with Crippen molar-refractivity contribution in [2.24, 2.45) is 0 Å². The molecular weight excluding hydrogens is 346 g/mol. The van der Waals surface area contributed by atoms with Crippen LogP contribution in [0.4, 0.5) is 0 Å². The third-order valence-corrected chi connectivity index (χ3v) is 5.98. The summed E-state index contributed by atoms with van der Waals surface area (Å²) in [5.41, 5.74) is 1.07. The molecule has 2 aromatic heterocycles. The molecule has 4 rings (SSSR count). The van der Waals surface area contributed by atoms with Crippen LogP contribution in [0.3, 0.4) is 0 Å². The highest BCUT2D eigenvalue weighted by Gasteiger charge is 2.25. The maximum Gasteiger partial charge on any atom is 0.246 e. The SMILES string of the molecule is CC(c1nc2ccccc2s1)N1CCN(C(=O)C=Cc2ccco2)CC1. The average Bonchev–Trinajstić information content (AvgIpc) is 3.35. The molecule has 1 aromatic carbocycles. The molecule has 0 spiro atoms. The van der Waals surface area contributed by atoms with Crippen LogP contribution in [-0.2, 0) is 4.79 Å². The summed E-state index contributed by atoms with van der Waals surface area (Å²) in [5, 5.41) is 1.14. The lowest BCUT2D eigenvalue weighted by Gasteiger charge is -2.37. The van der Waals surface area contributed by atoms with Crippen LogP contribution >= 0.6 is 11.3 Å². The maximum atomic E-state index is 12.3. The van der Waals surface area contributed by atoms with Crippen molar-refractivity contribution in [2.45, 2.75) is 13.0 Å². The fraction of sp³-hybridized carbons (Fsp3) is 0.300. The minimum absolute atomic E-state index is 0.0358. The Morgan fingerprint density at radius 3 is 2.73 bits per heavy atom. The lowest BCUT2D eigenvalue weighted by atomic mass is 10.2. The standard InChI is InChI=1S/C20H21N3O2S/c1-15(20-21-17-6-2-3-7-18(17)26-20)22-10-12-23(13-11-22)19(24)9-8-16-5-4-14-25-16/h2-9,14-15H,10-13H2,1H3. The summed E-state index contributed by atoms with van der Waals surface area (Å²) in [4.78, 5) is 21.4. The van der Waals surface area contributed by atoms with Crippen molar-refractivity contribution in [1.29, 1.82) is 0 Å². The minimum atomic E-state index is 0.0358. The summed E-state index contributed by atoms with van der Waals surface area (Å²) in [6.45, 7) is 5.38. The van der Waals surface area contributed by atoms with Crippen molar-refractivity contribution in [3.63, 3.8) is 0 Å². The Bertz CT molecular complexity index is 875.